The summed E-state index contributed by atoms with van der Waals surface area (Å²) in [5.41, 5.74) is 1.53. The predicted molar refractivity (Wildman–Crippen MR) is 70.2 cm³/mol. The number of carbonyl (C=O) groups excluding carboxylic acids is 2. The molecule has 0 fully saturated rings. The molecule has 1 N–H and O–H groups in total. The molecule has 0 aliphatic heterocycles. The van der Waals surface area contributed by atoms with Gasteiger partial charge in [0, 0.05) is 11.8 Å². The van der Waals surface area contributed by atoms with Crippen LogP contribution >= 0.6 is 0 Å². The van der Waals surface area contributed by atoms with Gasteiger partial charge >= 0.3 is 5.97 Å². The molecule has 0 aliphatic carbocycles. The maximum absolute atomic E-state index is 11.5. The number of amides is 1. The molecule has 0 saturated heterocycles. The summed E-state index contributed by atoms with van der Waals surface area (Å²) in [6.07, 6.45) is 1.47. The molecule has 0 unspecified atom stereocenters. The number of ether oxygens (including phenoxy) is 1. The molecule has 98 valence electrons. The van der Waals surface area contributed by atoms with Gasteiger partial charge in [0.1, 0.15) is 6.61 Å². The highest BCUT2D eigenvalue weighted by molar-refractivity contribution is 5.91. The van der Waals surface area contributed by atoms with Crippen molar-refractivity contribution in [2.75, 3.05) is 11.9 Å². The summed E-state index contributed by atoms with van der Waals surface area (Å²) in [6.45, 7) is 3.27. The lowest BCUT2D eigenvalue weighted by Gasteiger charge is -2.06. The fourth-order valence-corrected chi connectivity index (χ4v) is 1.32. The first-order valence-electron chi connectivity index (χ1n) is 5.70. The van der Waals surface area contributed by atoms with E-state index in [1.807, 2.05) is 6.07 Å². The Bertz CT molecular complexity index is 500. The van der Waals surface area contributed by atoms with E-state index in [1.54, 1.807) is 24.3 Å². The fourth-order valence-electron chi connectivity index (χ4n) is 1.32. The van der Waals surface area contributed by atoms with E-state index in [1.165, 1.54) is 0 Å². The van der Waals surface area contributed by atoms with E-state index in [2.05, 4.69) is 11.9 Å². The second kappa shape index (κ2) is 7.67. The second-order valence-electron chi connectivity index (χ2n) is 3.70. The molecule has 0 aliphatic rings. The Kier molecular flexibility index (Phi) is 5.83. The van der Waals surface area contributed by atoms with Gasteiger partial charge in [-0.3, -0.25) is 4.79 Å². The van der Waals surface area contributed by atoms with E-state index >= 15 is 0 Å². The molecule has 0 aromatic heterocycles. The zero-order valence-electron chi connectivity index (χ0n) is 10.4. The molecular weight excluding hydrogens is 244 g/mol. The van der Waals surface area contributed by atoms with Crippen LogP contribution in [0, 0.1) is 11.3 Å². The Balaban J connectivity index is 2.38. The van der Waals surface area contributed by atoms with Gasteiger partial charge in [-0.25, -0.2) is 4.79 Å². The number of benzene rings is 1. The van der Waals surface area contributed by atoms with Crippen LogP contribution in [0.5, 0.6) is 0 Å². The van der Waals surface area contributed by atoms with E-state index in [4.69, 9.17) is 10.00 Å². The first kappa shape index (κ1) is 14.5. The topological polar surface area (TPSA) is 79.2 Å². The Hall–Kier alpha value is -2.61. The third kappa shape index (κ3) is 5.50. The van der Waals surface area contributed by atoms with Crippen molar-refractivity contribution in [2.45, 2.75) is 12.8 Å². The molecule has 19 heavy (non-hydrogen) atoms. The summed E-state index contributed by atoms with van der Waals surface area (Å²) in [5, 5.41) is 11.2. The molecule has 0 atom stereocenters. The van der Waals surface area contributed by atoms with Crippen LogP contribution in [0.15, 0.2) is 36.9 Å². The number of esters is 1. The lowest BCUT2D eigenvalue weighted by Crippen LogP contribution is -2.15. The van der Waals surface area contributed by atoms with Gasteiger partial charge < -0.3 is 10.1 Å². The standard InChI is InChI=1S/C14H14N2O3/c1-2-14(18)19-10-8-13(17)16-12-5-3-11(4-6-12)7-9-15/h2-6H,1,7-8,10H2,(H,16,17). The quantitative estimate of drug-likeness (QED) is 0.623. The average molecular weight is 258 g/mol. The van der Waals surface area contributed by atoms with Crippen molar-refractivity contribution < 1.29 is 14.3 Å². The van der Waals surface area contributed by atoms with Gasteiger partial charge in [0.2, 0.25) is 5.91 Å². The number of hydrogen-bond acceptors (Lipinski definition) is 4. The van der Waals surface area contributed by atoms with Gasteiger partial charge in [-0.05, 0) is 17.7 Å². The molecule has 0 radical (unpaired) electrons. The van der Waals surface area contributed by atoms with E-state index < -0.39 is 5.97 Å². The molecular formula is C14H14N2O3. The van der Waals surface area contributed by atoms with Crippen LogP contribution in [0.2, 0.25) is 0 Å². The maximum Gasteiger partial charge on any atom is 0.330 e. The SMILES string of the molecule is C=CC(=O)OCCC(=O)Nc1ccc(CC#N)cc1. The first-order valence-corrected chi connectivity index (χ1v) is 5.70. The zero-order valence-corrected chi connectivity index (χ0v) is 10.4. The van der Waals surface area contributed by atoms with Gasteiger partial charge in [-0.2, -0.15) is 5.26 Å². The van der Waals surface area contributed by atoms with Crippen molar-refractivity contribution in [1.82, 2.24) is 0 Å². The summed E-state index contributed by atoms with van der Waals surface area (Å²) in [7, 11) is 0. The molecule has 0 bridgehead atoms. The minimum Gasteiger partial charge on any atom is -0.462 e. The normalized spacial score (nSPS) is 9.21. The predicted octanol–water partition coefficient (Wildman–Crippen LogP) is 1.81. The number of nitriles is 1. The molecule has 0 heterocycles. The summed E-state index contributed by atoms with van der Waals surface area (Å²) in [5.74, 6) is -0.793. The van der Waals surface area contributed by atoms with Crippen molar-refractivity contribution in [3.05, 3.63) is 42.5 Å². The fraction of sp³-hybridized carbons (Fsp3) is 0.214. The summed E-state index contributed by atoms with van der Waals surface area (Å²) in [6, 6.07) is 9.04. The minimum atomic E-state index is -0.548. The van der Waals surface area contributed by atoms with E-state index in [-0.39, 0.29) is 18.9 Å². The molecule has 5 nitrogen and oxygen atoms in total. The maximum atomic E-state index is 11.5. The smallest absolute Gasteiger partial charge is 0.330 e. The van der Waals surface area contributed by atoms with Crippen LogP contribution in [0.25, 0.3) is 0 Å². The average Bonchev–Trinajstić information content (AvgIpc) is 2.41. The first-order chi connectivity index (χ1) is 9.15. The highest BCUT2D eigenvalue weighted by Gasteiger charge is 2.04. The van der Waals surface area contributed by atoms with Crippen molar-refractivity contribution in [2.24, 2.45) is 0 Å². The molecule has 1 rings (SSSR count). The van der Waals surface area contributed by atoms with E-state index in [9.17, 15) is 9.59 Å². The Morgan fingerprint density at radius 3 is 2.63 bits per heavy atom. The highest BCUT2D eigenvalue weighted by atomic mass is 16.5. The summed E-state index contributed by atoms with van der Waals surface area (Å²) >= 11 is 0. The largest absolute Gasteiger partial charge is 0.462 e. The van der Waals surface area contributed by atoms with Crippen molar-refractivity contribution >= 4 is 17.6 Å². The lowest BCUT2D eigenvalue weighted by atomic mass is 10.1. The van der Waals surface area contributed by atoms with Crippen molar-refractivity contribution in [3.63, 3.8) is 0 Å². The summed E-state index contributed by atoms with van der Waals surface area (Å²) in [4.78, 5) is 22.3. The number of hydrogen-bond donors (Lipinski definition) is 1. The van der Waals surface area contributed by atoms with Crippen molar-refractivity contribution in [3.8, 4) is 6.07 Å². The number of anilines is 1. The van der Waals surface area contributed by atoms with Crippen LogP contribution < -0.4 is 5.32 Å². The van der Waals surface area contributed by atoms with Crippen LogP contribution in [0.1, 0.15) is 12.0 Å². The zero-order chi connectivity index (χ0) is 14.1. The molecule has 5 heteroatoms. The third-order valence-corrected chi connectivity index (χ3v) is 2.26. The molecule has 1 aromatic carbocycles. The van der Waals surface area contributed by atoms with Gasteiger partial charge in [0.25, 0.3) is 0 Å². The van der Waals surface area contributed by atoms with Gasteiger partial charge in [-0.15, -0.1) is 0 Å². The van der Waals surface area contributed by atoms with E-state index in [0.717, 1.165) is 11.6 Å². The second-order valence-corrected chi connectivity index (χ2v) is 3.70. The summed E-state index contributed by atoms with van der Waals surface area (Å²) < 4.78 is 4.70. The van der Waals surface area contributed by atoms with Crippen molar-refractivity contribution in [1.29, 1.82) is 5.26 Å². The number of rotatable bonds is 6. The van der Waals surface area contributed by atoms with Crippen LogP contribution in [-0.2, 0) is 20.7 Å². The molecule has 1 amide bonds. The highest BCUT2D eigenvalue weighted by Crippen LogP contribution is 2.10. The Morgan fingerprint density at radius 1 is 1.37 bits per heavy atom. The third-order valence-electron chi connectivity index (χ3n) is 2.26. The Morgan fingerprint density at radius 2 is 2.05 bits per heavy atom. The molecule has 1 aromatic rings. The molecule has 0 saturated carbocycles. The number of nitrogens with one attached hydrogen (secondary N) is 1. The van der Waals surface area contributed by atoms with Gasteiger partial charge in [0.05, 0.1) is 18.9 Å². The van der Waals surface area contributed by atoms with Crippen LogP contribution in [0.3, 0.4) is 0 Å². The number of carbonyl (C=O) groups is 2. The van der Waals surface area contributed by atoms with Gasteiger partial charge in [0.15, 0.2) is 0 Å². The van der Waals surface area contributed by atoms with Crippen LogP contribution in [0.4, 0.5) is 5.69 Å². The monoisotopic (exact) mass is 258 g/mol. The minimum absolute atomic E-state index is 0.0171. The van der Waals surface area contributed by atoms with Gasteiger partial charge in [-0.1, -0.05) is 18.7 Å². The van der Waals surface area contributed by atoms with Crippen LogP contribution in [-0.4, -0.2) is 18.5 Å². The number of nitrogens with zero attached hydrogens (tertiary/aromatic N) is 1. The Labute approximate surface area is 111 Å². The lowest BCUT2D eigenvalue weighted by molar-refractivity contribution is -0.138. The molecule has 0 spiro atoms. The van der Waals surface area contributed by atoms with E-state index in [0.29, 0.717) is 12.1 Å².